The lowest BCUT2D eigenvalue weighted by Crippen LogP contribution is -2.42. The summed E-state index contributed by atoms with van der Waals surface area (Å²) in [6.07, 6.45) is 0.779. The SMILES string of the molecule is Cc1ccc(N2C(=O)C3C4CC(C3C2=O)C2C4Sc3[nH]c(=O)sc3[C@@H]2c2ccccc2OCC(=O)Nc2ccc(Cl)c(Cl)c2)cc1. The molecule has 2 aliphatic heterocycles. The van der Waals surface area contributed by atoms with Crippen LogP contribution in [0.4, 0.5) is 11.4 Å². The normalized spacial score (nSPS) is 27.4. The summed E-state index contributed by atoms with van der Waals surface area (Å²) in [6.45, 7) is 1.72. The van der Waals surface area contributed by atoms with Gasteiger partial charge >= 0.3 is 4.87 Å². The molecule has 2 saturated carbocycles. The van der Waals surface area contributed by atoms with Crippen LogP contribution in [0.1, 0.15) is 28.3 Å². The predicted molar refractivity (Wildman–Crippen MR) is 179 cm³/mol. The van der Waals surface area contributed by atoms with Crippen molar-refractivity contribution in [2.75, 3.05) is 16.8 Å². The quantitative estimate of drug-likeness (QED) is 0.217. The van der Waals surface area contributed by atoms with E-state index >= 15 is 0 Å². The lowest BCUT2D eigenvalue weighted by Gasteiger charge is -2.43. The van der Waals surface area contributed by atoms with Crippen LogP contribution in [0.2, 0.25) is 10.0 Å². The number of aromatic amines is 1. The van der Waals surface area contributed by atoms with E-state index in [1.807, 2.05) is 55.5 Å². The summed E-state index contributed by atoms with van der Waals surface area (Å²) in [5, 5.41) is 4.35. The number of benzene rings is 3. The topological polar surface area (TPSA) is 109 Å². The molecule has 0 radical (unpaired) electrons. The molecule has 8 rings (SSSR count). The van der Waals surface area contributed by atoms with Crippen molar-refractivity contribution in [3.05, 3.63) is 102 Å². The smallest absolute Gasteiger partial charge is 0.305 e. The fourth-order valence-corrected chi connectivity index (χ4v) is 11.3. The highest BCUT2D eigenvalue weighted by atomic mass is 35.5. The standard InChI is InChI=1S/C34H27Cl2N3O5S2/c1-15-6-9-17(10-7-15)39-32(41)27-19-13-20(28(27)33(39)42)29-26(19)25(30-31(45-29)38-34(43)46-30)18-4-2-3-5-23(18)44-14-24(40)37-16-8-11-21(35)22(36)12-16/h2-12,19-20,25-29H,13-14H2,1H3,(H,37,40)(H,38,43)/t19?,20?,25-,26?,27?,28?,29?/m1/s1. The number of imide groups is 1. The second kappa shape index (κ2) is 11.3. The number of rotatable bonds is 6. The zero-order valence-corrected chi connectivity index (χ0v) is 27.5. The number of halogens is 2. The molecule has 1 aromatic heterocycles. The van der Waals surface area contributed by atoms with Gasteiger partial charge < -0.3 is 15.0 Å². The average Bonchev–Trinajstić information content (AvgIpc) is 3.77. The van der Waals surface area contributed by atoms with Crippen LogP contribution >= 0.6 is 46.3 Å². The van der Waals surface area contributed by atoms with E-state index in [2.05, 4.69) is 10.3 Å². The van der Waals surface area contributed by atoms with Crippen molar-refractivity contribution in [2.24, 2.45) is 29.6 Å². The van der Waals surface area contributed by atoms with Crippen LogP contribution in [0, 0.1) is 36.5 Å². The third-order valence-corrected chi connectivity index (χ3v) is 13.2. The molecule has 4 aromatic rings. The molecule has 12 heteroatoms. The first-order chi connectivity index (χ1) is 22.2. The monoisotopic (exact) mass is 691 g/mol. The highest BCUT2D eigenvalue weighted by Gasteiger charge is 2.69. The number of hydrogen-bond donors (Lipinski definition) is 2. The van der Waals surface area contributed by atoms with Gasteiger partial charge in [0.2, 0.25) is 11.8 Å². The second-order valence-corrected chi connectivity index (χ2v) is 15.3. The molecule has 234 valence electrons. The summed E-state index contributed by atoms with van der Waals surface area (Å²) in [5.41, 5.74) is 3.02. The number of aromatic nitrogens is 1. The minimum atomic E-state index is -0.412. The van der Waals surface area contributed by atoms with E-state index in [1.54, 1.807) is 30.0 Å². The number of para-hydroxylation sites is 1. The molecule has 3 heterocycles. The molecule has 2 N–H and O–H groups in total. The van der Waals surface area contributed by atoms with E-state index in [-0.39, 0.29) is 64.0 Å². The zero-order chi connectivity index (χ0) is 31.9. The van der Waals surface area contributed by atoms with Crippen LogP contribution in [0.5, 0.6) is 5.75 Å². The molecule has 2 aliphatic carbocycles. The minimum absolute atomic E-state index is 0.000275. The van der Waals surface area contributed by atoms with E-state index in [4.69, 9.17) is 27.9 Å². The Morgan fingerprint density at radius 3 is 2.48 bits per heavy atom. The molecule has 7 atom stereocenters. The van der Waals surface area contributed by atoms with E-state index in [0.717, 1.165) is 27.5 Å². The lowest BCUT2D eigenvalue weighted by molar-refractivity contribution is -0.123. The summed E-state index contributed by atoms with van der Waals surface area (Å²) in [7, 11) is 0. The Kier molecular flexibility index (Phi) is 7.32. The van der Waals surface area contributed by atoms with Crippen molar-refractivity contribution in [2.45, 2.75) is 29.5 Å². The number of thiazole rings is 1. The summed E-state index contributed by atoms with van der Waals surface area (Å²) in [6, 6.07) is 19.9. The number of thioether (sulfide) groups is 1. The Balaban J connectivity index is 1.11. The van der Waals surface area contributed by atoms with Gasteiger partial charge in [-0.1, -0.05) is 70.4 Å². The molecule has 3 fully saturated rings. The number of amides is 3. The van der Waals surface area contributed by atoms with Crippen LogP contribution in [-0.2, 0) is 14.4 Å². The highest BCUT2D eigenvalue weighted by molar-refractivity contribution is 8.00. The van der Waals surface area contributed by atoms with E-state index in [1.165, 1.54) is 16.2 Å². The van der Waals surface area contributed by atoms with Crippen LogP contribution < -0.4 is 19.8 Å². The van der Waals surface area contributed by atoms with Crippen LogP contribution in [0.3, 0.4) is 0 Å². The Labute approximate surface area is 282 Å². The number of nitrogens with one attached hydrogen (secondary N) is 2. The summed E-state index contributed by atoms with van der Waals surface area (Å²) in [4.78, 5) is 58.7. The Hall–Kier alpha value is -3.57. The van der Waals surface area contributed by atoms with Crippen LogP contribution in [0.25, 0.3) is 0 Å². The summed E-state index contributed by atoms with van der Waals surface area (Å²) in [5.74, 6) is -1.17. The number of ether oxygens (including phenoxy) is 1. The zero-order valence-electron chi connectivity index (χ0n) is 24.4. The van der Waals surface area contributed by atoms with Gasteiger partial charge in [0, 0.05) is 27.3 Å². The van der Waals surface area contributed by atoms with Gasteiger partial charge in [-0.15, -0.1) is 11.8 Å². The van der Waals surface area contributed by atoms with Gasteiger partial charge in [-0.2, -0.15) is 0 Å². The van der Waals surface area contributed by atoms with Gasteiger partial charge in [0.05, 0.1) is 32.6 Å². The summed E-state index contributed by atoms with van der Waals surface area (Å²) >= 11 is 14.9. The maximum Gasteiger partial charge on any atom is 0.305 e. The third kappa shape index (κ3) is 4.72. The Bertz CT molecular complexity index is 1980. The van der Waals surface area contributed by atoms with Gasteiger partial charge in [-0.05, 0) is 67.5 Å². The Morgan fingerprint density at radius 1 is 0.978 bits per heavy atom. The van der Waals surface area contributed by atoms with Crippen molar-refractivity contribution in [1.29, 1.82) is 0 Å². The molecule has 6 unspecified atom stereocenters. The fourth-order valence-electron chi connectivity index (χ4n) is 8.10. The van der Waals surface area contributed by atoms with Gasteiger partial charge in [-0.25, -0.2) is 0 Å². The second-order valence-electron chi connectivity index (χ2n) is 12.3. The van der Waals surface area contributed by atoms with E-state index in [0.29, 0.717) is 27.2 Å². The number of nitrogens with zero attached hydrogens (tertiary/aromatic N) is 1. The molecule has 4 aliphatic rings. The van der Waals surface area contributed by atoms with Gasteiger partial charge in [0.15, 0.2) is 6.61 Å². The number of aryl methyl sites for hydroxylation is 1. The molecule has 3 amide bonds. The summed E-state index contributed by atoms with van der Waals surface area (Å²) < 4.78 is 6.15. The molecule has 1 saturated heterocycles. The first-order valence-corrected chi connectivity index (χ1v) is 17.5. The fraction of sp³-hybridized carbons (Fsp3) is 0.294. The third-order valence-electron chi connectivity index (χ3n) is 9.83. The lowest BCUT2D eigenvalue weighted by atomic mass is 9.68. The van der Waals surface area contributed by atoms with Crippen molar-refractivity contribution in [1.82, 2.24) is 4.98 Å². The van der Waals surface area contributed by atoms with Crippen molar-refractivity contribution in [3.8, 4) is 5.75 Å². The van der Waals surface area contributed by atoms with Crippen molar-refractivity contribution in [3.63, 3.8) is 0 Å². The molecule has 8 nitrogen and oxygen atoms in total. The van der Waals surface area contributed by atoms with Crippen molar-refractivity contribution < 1.29 is 19.1 Å². The van der Waals surface area contributed by atoms with E-state index < -0.39 is 5.92 Å². The Morgan fingerprint density at radius 2 is 1.72 bits per heavy atom. The highest BCUT2D eigenvalue weighted by Crippen LogP contribution is 2.69. The predicted octanol–water partition coefficient (Wildman–Crippen LogP) is 6.75. The number of hydrogen-bond acceptors (Lipinski definition) is 7. The van der Waals surface area contributed by atoms with Crippen molar-refractivity contribution >= 4 is 75.4 Å². The number of fused-ring (bicyclic) bond motifs is 9. The first-order valence-electron chi connectivity index (χ1n) is 15.0. The first kappa shape index (κ1) is 29.8. The number of carbonyl (C=O) groups is 3. The average molecular weight is 693 g/mol. The number of anilines is 2. The molecular formula is C34H27Cl2N3O5S2. The molecule has 0 spiro atoms. The van der Waals surface area contributed by atoms with Crippen LogP contribution in [-0.4, -0.2) is 34.6 Å². The molecule has 2 bridgehead atoms. The number of H-pyrrole nitrogens is 1. The number of carbonyl (C=O) groups excluding carboxylic acids is 3. The maximum absolute atomic E-state index is 14.0. The van der Waals surface area contributed by atoms with Crippen LogP contribution in [0.15, 0.2) is 76.6 Å². The van der Waals surface area contributed by atoms with Gasteiger partial charge in [-0.3, -0.25) is 24.1 Å². The molecule has 3 aromatic carbocycles. The molecule has 46 heavy (non-hydrogen) atoms. The minimum Gasteiger partial charge on any atom is -0.483 e. The molecular weight excluding hydrogens is 665 g/mol. The largest absolute Gasteiger partial charge is 0.483 e. The maximum atomic E-state index is 14.0. The van der Waals surface area contributed by atoms with E-state index in [9.17, 15) is 19.2 Å². The van der Waals surface area contributed by atoms with Gasteiger partial charge in [0.25, 0.3) is 5.91 Å². The van der Waals surface area contributed by atoms with Gasteiger partial charge in [0.1, 0.15) is 5.75 Å².